The summed E-state index contributed by atoms with van der Waals surface area (Å²) in [6.07, 6.45) is 6.01. The van der Waals surface area contributed by atoms with Gasteiger partial charge in [-0.1, -0.05) is 0 Å². The highest BCUT2D eigenvalue weighted by molar-refractivity contribution is 6.05. The van der Waals surface area contributed by atoms with Crippen molar-refractivity contribution >= 4 is 17.2 Å². The van der Waals surface area contributed by atoms with Crippen LogP contribution in [0.3, 0.4) is 0 Å². The van der Waals surface area contributed by atoms with Gasteiger partial charge in [0.2, 0.25) is 5.95 Å². The molecular formula is C12H8FN5O. The number of rotatable bonds is 2. The van der Waals surface area contributed by atoms with Crippen LogP contribution in [0.5, 0.6) is 0 Å². The van der Waals surface area contributed by atoms with Crippen LogP contribution in [0.4, 0.5) is 10.2 Å². The van der Waals surface area contributed by atoms with Gasteiger partial charge in [0.25, 0.3) is 5.91 Å². The lowest BCUT2D eigenvalue weighted by molar-refractivity contribution is 0.102. The highest BCUT2D eigenvalue weighted by Crippen LogP contribution is 2.13. The summed E-state index contributed by atoms with van der Waals surface area (Å²) in [4.78, 5) is 19.4. The molecule has 6 nitrogen and oxygen atoms in total. The molecule has 0 saturated carbocycles. The fraction of sp³-hybridized carbons (Fsp3) is 0. The Morgan fingerprint density at radius 2 is 2.11 bits per heavy atom. The number of amides is 1. The molecule has 3 aromatic rings. The molecule has 0 unspecified atom stereocenters. The Hall–Kier alpha value is -2.83. The number of halogens is 1. The zero-order valence-electron chi connectivity index (χ0n) is 9.62. The minimum absolute atomic E-state index is 0.177. The Labute approximate surface area is 106 Å². The molecule has 0 bridgehead atoms. The molecule has 0 saturated heterocycles. The molecule has 3 rings (SSSR count). The lowest BCUT2D eigenvalue weighted by Gasteiger charge is -2.05. The van der Waals surface area contributed by atoms with Crippen LogP contribution in [0.1, 0.15) is 10.4 Å². The van der Waals surface area contributed by atoms with E-state index in [1.54, 1.807) is 23.0 Å². The maximum atomic E-state index is 12.9. The number of carbonyl (C=O) groups excluding carboxylic acids is 1. The van der Waals surface area contributed by atoms with Gasteiger partial charge in [-0.05, 0) is 12.1 Å². The number of fused-ring (bicyclic) bond motifs is 1. The van der Waals surface area contributed by atoms with Gasteiger partial charge in [-0.25, -0.2) is 14.5 Å². The van der Waals surface area contributed by atoms with E-state index in [4.69, 9.17) is 0 Å². The highest BCUT2D eigenvalue weighted by atomic mass is 19.1. The second-order valence-corrected chi connectivity index (χ2v) is 3.76. The zero-order chi connectivity index (χ0) is 13.2. The Morgan fingerprint density at radius 1 is 1.21 bits per heavy atom. The Kier molecular flexibility index (Phi) is 2.64. The largest absolute Gasteiger partial charge is 0.305 e. The van der Waals surface area contributed by atoms with Gasteiger partial charge in [-0.2, -0.15) is 9.49 Å². The first kappa shape index (κ1) is 11.3. The molecule has 0 aliphatic heterocycles. The van der Waals surface area contributed by atoms with Crippen molar-refractivity contribution in [1.29, 1.82) is 0 Å². The van der Waals surface area contributed by atoms with Crippen molar-refractivity contribution in [1.82, 2.24) is 19.6 Å². The van der Waals surface area contributed by atoms with Crippen LogP contribution in [0.2, 0.25) is 0 Å². The maximum Gasteiger partial charge on any atom is 0.257 e. The summed E-state index contributed by atoms with van der Waals surface area (Å²) < 4.78 is 14.5. The summed E-state index contributed by atoms with van der Waals surface area (Å²) in [6, 6.07) is 4.20. The molecule has 3 aromatic heterocycles. The minimum Gasteiger partial charge on any atom is -0.305 e. The van der Waals surface area contributed by atoms with E-state index in [2.05, 4.69) is 20.4 Å². The van der Waals surface area contributed by atoms with Crippen molar-refractivity contribution in [2.45, 2.75) is 0 Å². The molecule has 1 N–H and O–H groups in total. The third-order valence-electron chi connectivity index (χ3n) is 2.55. The number of hydrogen-bond donors (Lipinski definition) is 1. The first-order valence-corrected chi connectivity index (χ1v) is 5.45. The summed E-state index contributed by atoms with van der Waals surface area (Å²) >= 11 is 0. The van der Waals surface area contributed by atoms with Crippen LogP contribution in [0.25, 0.3) is 5.52 Å². The standard InChI is InChI=1S/C12H8FN5O/c13-10-7-8(1-3-14-10)12(19)17-11-9-2-4-16-18(9)6-5-15-11/h1-7H,(H,15,17,19). The average molecular weight is 257 g/mol. The van der Waals surface area contributed by atoms with Crippen molar-refractivity contribution in [2.24, 2.45) is 0 Å². The smallest absolute Gasteiger partial charge is 0.257 e. The maximum absolute atomic E-state index is 12.9. The monoisotopic (exact) mass is 257 g/mol. The Bertz CT molecular complexity index is 754. The van der Waals surface area contributed by atoms with Crippen molar-refractivity contribution in [3.8, 4) is 0 Å². The first-order chi connectivity index (χ1) is 9.24. The van der Waals surface area contributed by atoms with E-state index in [1.165, 1.54) is 18.5 Å². The van der Waals surface area contributed by atoms with E-state index in [1.807, 2.05) is 0 Å². The van der Waals surface area contributed by atoms with Gasteiger partial charge in [0.05, 0.1) is 6.20 Å². The second kappa shape index (κ2) is 4.45. The SMILES string of the molecule is O=C(Nc1nccn2nccc12)c1ccnc(F)c1. The Balaban J connectivity index is 1.93. The van der Waals surface area contributed by atoms with Gasteiger partial charge in [0.1, 0.15) is 5.52 Å². The number of nitrogens with one attached hydrogen (secondary N) is 1. The van der Waals surface area contributed by atoms with E-state index in [0.29, 0.717) is 11.3 Å². The predicted molar refractivity (Wildman–Crippen MR) is 65.1 cm³/mol. The van der Waals surface area contributed by atoms with E-state index in [0.717, 1.165) is 6.07 Å². The Morgan fingerprint density at radius 3 is 2.95 bits per heavy atom. The quantitative estimate of drug-likeness (QED) is 0.706. The zero-order valence-corrected chi connectivity index (χ0v) is 9.62. The predicted octanol–water partition coefficient (Wildman–Crippen LogP) is 1.52. The van der Waals surface area contributed by atoms with Gasteiger partial charge in [-0.3, -0.25) is 4.79 Å². The third-order valence-corrected chi connectivity index (χ3v) is 2.55. The summed E-state index contributed by atoms with van der Waals surface area (Å²) in [5, 5.41) is 6.64. The molecule has 7 heteroatoms. The van der Waals surface area contributed by atoms with Crippen LogP contribution < -0.4 is 5.32 Å². The van der Waals surface area contributed by atoms with E-state index < -0.39 is 11.9 Å². The van der Waals surface area contributed by atoms with Crippen molar-refractivity contribution in [2.75, 3.05) is 5.32 Å². The van der Waals surface area contributed by atoms with Gasteiger partial charge < -0.3 is 5.32 Å². The fourth-order valence-corrected chi connectivity index (χ4v) is 1.68. The lowest BCUT2D eigenvalue weighted by atomic mass is 10.2. The average Bonchev–Trinajstić information content (AvgIpc) is 2.88. The molecule has 1 amide bonds. The fourth-order valence-electron chi connectivity index (χ4n) is 1.68. The number of aromatic nitrogens is 4. The molecule has 0 fully saturated rings. The molecule has 0 aromatic carbocycles. The van der Waals surface area contributed by atoms with Crippen molar-refractivity contribution < 1.29 is 9.18 Å². The third kappa shape index (κ3) is 2.13. The van der Waals surface area contributed by atoms with Gasteiger partial charge >= 0.3 is 0 Å². The van der Waals surface area contributed by atoms with Crippen LogP contribution in [-0.4, -0.2) is 25.5 Å². The normalized spacial score (nSPS) is 10.6. The van der Waals surface area contributed by atoms with Gasteiger partial charge in [-0.15, -0.1) is 0 Å². The lowest BCUT2D eigenvalue weighted by Crippen LogP contribution is -2.14. The number of carbonyl (C=O) groups is 1. The van der Waals surface area contributed by atoms with Crippen molar-refractivity contribution in [3.63, 3.8) is 0 Å². The molecule has 0 radical (unpaired) electrons. The number of nitrogens with zero attached hydrogens (tertiary/aromatic N) is 4. The van der Waals surface area contributed by atoms with Gasteiger partial charge in [0.15, 0.2) is 5.82 Å². The number of anilines is 1. The topological polar surface area (TPSA) is 72.2 Å². The molecule has 94 valence electrons. The molecule has 0 aliphatic carbocycles. The molecule has 3 heterocycles. The van der Waals surface area contributed by atoms with Gasteiger partial charge in [0, 0.05) is 30.2 Å². The molecule has 0 atom stereocenters. The van der Waals surface area contributed by atoms with Crippen LogP contribution >= 0.6 is 0 Å². The first-order valence-electron chi connectivity index (χ1n) is 5.45. The highest BCUT2D eigenvalue weighted by Gasteiger charge is 2.10. The van der Waals surface area contributed by atoms with Crippen LogP contribution in [0, 0.1) is 5.95 Å². The van der Waals surface area contributed by atoms with E-state index >= 15 is 0 Å². The number of hydrogen-bond acceptors (Lipinski definition) is 4. The van der Waals surface area contributed by atoms with Crippen molar-refractivity contribution in [3.05, 3.63) is 54.5 Å². The summed E-state index contributed by atoms with van der Waals surface area (Å²) in [6.45, 7) is 0. The van der Waals surface area contributed by atoms with Crippen LogP contribution in [0.15, 0.2) is 43.0 Å². The number of pyridine rings is 1. The molecular weight excluding hydrogens is 249 g/mol. The molecule has 0 spiro atoms. The summed E-state index contributed by atoms with van der Waals surface area (Å²) in [5.74, 6) is -0.798. The minimum atomic E-state index is -0.705. The van der Waals surface area contributed by atoms with E-state index in [-0.39, 0.29) is 5.56 Å². The molecule has 0 aliphatic rings. The molecule has 19 heavy (non-hydrogen) atoms. The summed E-state index contributed by atoms with van der Waals surface area (Å²) in [5.41, 5.74) is 0.834. The van der Waals surface area contributed by atoms with E-state index in [9.17, 15) is 9.18 Å². The second-order valence-electron chi connectivity index (χ2n) is 3.76. The van der Waals surface area contributed by atoms with Crippen LogP contribution in [-0.2, 0) is 0 Å². The summed E-state index contributed by atoms with van der Waals surface area (Å²) in [7, 11) is 0.